The summed E-state index contributed by atoms with van der Waals surface area (Å²) in [5, 5.41) is 19.9. The molecule has 0 aromatic carbocycles. The molecule has 19 heavy (non-hydrogen) atoms. The van der Waals surface area contributed by atoms with Crippen molar-refractivity contribution >= 4 is 35.0 Å². The van der Waals surface area contributed by atoms with E-state index in [0.717, 1.165) is 17.5 Å². The lowest BCUT2D eigenvalue weighted by Crippen LogP contribution is -2.31. The van der Waals surface area contributed by atoms with Crippen LogP contribution in [0.25, 0.3) is 0 Å². The Morgan fingerprint density at radius 1 is 1.63 bits per heavy atom. The third-order valence-corrected chi connectivity index (χ3v) is 3.30. The number of hydrogen-bond donors (Lipinski definition) is 1. The molecule has 2 heterocycles. The van der Waals surface area contributed by atoms with Crippen LogP contribution in [0, 0.1) is 6.92 Å². The summed E-state index contributed by atoms with van der Waals surface area (Å²) in [4.78, 5) is 21.8. The molecule has 1 amide bonds. The van der Waals surface area contributed by atoms with Crippen molar-refractivity contribution in [2.75, 3.05) is 0 Å². The summed E-state index contributed by atoms with van der Waals surface area (Å²) in [6.45, 7) is 1.81. The fraction of sp³-hybridized carbons (Fsp3) is 0.273. The first kappa shape index (κ1) is 13.3. The molecule has 0 saturated carbocycles. The number of carbonyl (C=O) groups excluding carboxylic acids is 2. The summed E-state index contributed by atoms with van der Waals surface area (Å²) in [7, 11) is 0. The standard InChI is InChI=1S/C11H11N3O4S/c1-6-2-3-7(18-6)5-12-14-11-13-10(17)8(19-11)4-9(15)16/h2-3,5,8H,4H2,1H3,(H,15,16)(H,13,14,17)/p-1/b12-5+/t8-/m1/s1. The van der Waals surface area contributed by atoms with E-state index < -0.39 is 17.1 Å². The predicted octanol–water partition coefficient (Wildman–Crippen LogP) is -0.350. The minimum Gasteiger partial charge on any atom is -0.550 e. The zero-order valence-corrected chi connectivity index (χ0v) is 10.8. The number of furan rings is 1. The molecule has 1 aromatic rings. The second kappa shape index (κ2) is 5.70. The first-order valence-corrected chi connectivity index (χ1v) is 6.27. The van der Waals surface area contributed by atoms with Crippen LogP contribution in [0.4, 0.5) is 0 Å². The van der Waals surface area contributed by atoms with Crippen molar-refractivity contribution in [2.45, 2.75) is 18.6 Å². The van der Waals surface area contributed by atoms with Gasteiger partial charge in [-0.25, -0.2) is 0 Å². The van der Waals surface area contributed by atoms with Crippen molar-refractivity contribution < 1.29 is 19.1 Å². The van der Waals surface area contributed by atoms with E-state index in [4.69, 9.17) is 4.42 Å². The van der Waals surface area contributed by atoms with Crippen molar-refractivity contribution in [2.24, 2.45) is 10.2 Å². The van der Waals surface area contributed by atoms with Crippen LogP contribution in [-0.4, -0.2) is 28.5 Å². The van der Waals surface area contributed by atoms with Crippen LogP contribution in [-0.2, 0) is 9.59 Å². The van der Waals surface area contributed by atoms with Gasteiger partial charge in [0, 0.05) is 12.4 Å². The maximum Gasteiger partial charge on any atom is 0.239 e. The van der Waals surface area contributed by atoms with Gasteiger partial charge in [-0.3, -0.25) is 4.79 Å². The van der Waals surface area contributed by atoms with Gasteiger partial charge >= 0.3 is 0 Å². The lowest BCUT2D eigenvalue weighted by molar-refractivity contribution is -0.305. The molecule has 100 valence electrons. The fourth-order valence-corrected chi connectivity index (χ4v) is 2.31. The molecule has 0 spiro atoms. The van der Waals surface area contributed by atoms with Gasteiger partial charge in [0.25, 0.3) is 0 Å². The molecule has 8 heteroatoms. The number of amides is 1. The monoisotopic (exact) mass is 280 g/mol. The number of carbonyl (C=O) groups is 2. The fourth-order valence-electron chi connectivity index (χ4n) is 1.40. The average molecular weight is 280 g/mol. The van der Waals surface area contributed by atoms with Crippen LogP contribution in [0.5, 0.6) is 0 Å². The second-order valence-corrected chi connectivity index (χ2v) is 4.96. The van der Waals surface area contributed by atoms with Crippen LogP contribution in [0.1, 0.15) is 17.9 Å². The molecule has 1 aliphatic rings. The summed E-state index contributed by atoms with van der Waals surface area (Å²) in [5.41, 5.74) is 0. The largest absolute Gasteiger partial charge is 0.550 e. The number of carboxylic acids is 1. The third kappa shape index (κ3) is 3.68. The van der Waals surface area contributed by atoms with Gasteiger partial charge in [0.15, 0.2) is 5.17 Å². The molecule has 0 bridgehead atoms. The molecule has 2 rings (SSSR count). The molecule has 0 unspecified atom stereocenters. The Hall–Kier alpha value is -2.09. The Balaban J connectivity index is 1.96. The van der Waals surface area contributed by atoms with E-state index in [9.17, 15) is 14.7 Å². The molecule has 1 saturated heterocycles. The number of hydrogen-bond acceptors (Lipinski definition) is 7. The maximum absolute atomic E-state index is 11.4. The number of thioether (sulfide) groups is 1. The topological polar surface area (TPSA) is 107 Å². The Kier molecular flexibility index (Phi) is 4.00. The van der Waals surface area contributed by atoms with Gasteiger partial charge in [-0.05, 0) is 19.1 Å². The highest BCUT2D eigenvalue weighted by Gasteiger charge is 2.30. The number of amidine groups is 1. The zero-order chi connectivity index (χ0) is 13.8. The molecule has 1 atom stereocenters. The quantitative estimate of drug-likeness (QED) is 0.599. The van der Waals surface area contributed by atoms with Gasteiger partial charge in [0.05, 0.1) is 11.5 Å². The lowest BCUT2D eigenvalue weighted by atomic mass is 10.3. The van der Waals surface area contributed by atoms with Crippen molar-refractivity contribution in [3.63, 3.8) is 0 Å². The van der Waals surface area contributed by atoms with Gasteiger partial charge in [0.1, 0.15) is 11.5 Å². The van der Waals surface area contributed by atoms with Crippen molar-refractivity contribution in [1.82, 2.24) is 5.32 Å². The van der Waals surface area contributed by atoms with Crippen molar-refractivity contribution in [3.8, 4) is 0 Å². The van der Waals surface area contributed by atoms with E-state index in [1.54, 1.807) is 19.1 Å². The Labute approximate surface area is 112 Å². The summed E-state index contributed by atoms with van der Waals surface area (Å²) in [5.74, 6) is -0.380. The molecule has 1 N–H and O–H groups in total. The van der Waals surface area contributed by atoms with Crippen LogP contribution < -0.4 is 10.4 Å². The normalized spacial score (nSPS) is 21.2. The maximum atomic E-state index is 11.4. The Morgan fingerprint density at radius 3 is 3.05 bits per heavy atom. The minimum absolute atomic E-state index is 0.260. The molecular weight excluding hydrogens is 270 g/mol. The second-order valence-electron chi connectivity index (χ2n) is 3.77. The number of aliphatic carboxylic acids is 1. The van der Waals surface area contributed by atoms with Crippen LogP contribution in [0.3, 0.4) is 0 Å². The van der Waals surface area contributed by atoms with E-state index in [2.05, 4.69) is 15.5 Å². The van der Waals surface area contributed by atoms with Crippen LogP contribution in [0.15, 0.2) is 26.8 Å². The first-order chi connectivity index (χ1) is 9.04. The molecular formula is C11H10N3O4S-. The van der Waals surface area contributed by atoms with Gasteiger partial charge in [-0.2, -0.15) is 5.10 Å². The van der Waals surface area contributed by atoms with E-state index in [1.807, 2.05) is 0 Å². The predicted molar refractivity (Wildman–Crippen MR) is 67.6 cm³/mol. The number of rotatable bonds is 4. The van der Waals surface area contributed by atoms with Gasteiger partial charge < -0.3 is 19.6 Å². The molecule has 1 aliphatic heterocycles. The Morgan fingerprint density at radius 2 is 2.42 bits per heavy atom. The highest BCUT2D eigenvalue weighted by atomic mass is 32.2. The lowest BCUT2D eigenvalue weighted by Gasteiger charge is -2.04. The van der Waals surface area contributed by atoms with Crippen LogP contribution in [0.2, 0.25) is 0 Å². The number of aryl methyl sites for hydroxylation is 1. The summed E-state index contributed by atoms with van der Waals surface area (Å²) < 4.78 is 5.24. The number of carboxylic acid groups (broad SMARTS) is 1. The molecule has 1 fully saturated rings. The van der Waals surface area contributed by atoms with Crippen molar-refractivity contribution in [3.05, 3.63) is 23.7 Å². The van der Waals surface area contributed by atoms with Gasteiger partial charge in [-0.1, -0.05) is 11.8 Å². The number of nitrogens with zero attached hydrogens (tertiary/aromatic N) is 2. The molecule has 7 nitrogen and oxygen atoms in total. The van der Waals surface area contributed by atoms with Gasteiger partial charge in [-0.15, -0.1) is 5.10 Å². The molecule has 1 aromatic heterocycles. The molecule has 0 radical (unpaired) electrons. The zero-order valence-electron chi connectivity index (χ0n) is 9.95. The average Bonchev–Trinajstić information content (AvgIpc) is 2.86. The molecule has 0 aliphatic carbocycles. The number of nitrogens with one attached hydrogen (secondary N) is 1. The Bertz CT molecular complexity index is 564. The van der Waals surface area contributed by atoms with E-state index in [1.165, 1.54) is 6.21 Å². The van der Waals surface area contributed by atoms with Gasteiger partial charge in [0.2, 0.25) is 5.91 Å². The van der Waals surface area contributed by atoms with E-state index in [-0.39, 0.29) is 11.6 Å². The van der Waals surface area contributed by atoms with Crippen molar-refractivity contribution in [1.29, 1.82) is 0 Å². The van der Waals surface area contributed by atoms with E-state index >= 15 is 0 Å². The first-order valence-electron chi connectivity index (χ1n) is 5.39. The smallest absolute Gasteiger partial charge is 0.239 e. The summed E-state index contributed by atoms with van der Waals surface area (Å²) in [6, 6.07) is 3.52. The summed E-state index contributed by atoms with van der Waals surface area (Å²) in [6.07, 6.45) is 1.05. The highest BCUT2D eigenvalue weighted by molar-refractivity contribution is 8.15. The minimum atomic E-state index is -1.27. The van der Waals surface area contributed by atoms with Crippen LogP contribution >= 0.6 is 11.8 Å². The highest BCUT2D eigenvalue weighted by Crippen LogP contribution is 2.21. The summed E-state index contributed by atoms with van der Waals surface area (Å²) >= 11 is 1.01. The van der Waals surface area contributed by atoms with E-state index in [0.29, 0.717) is 5.76 Å². The SMILES string of the molecule is Cc1ccc(/C=N/N=C2/NC(=O)[C@@H](CC(=O)[O-])S2)o1. The third-order valence-electron chi connectivity index (χ3n) is 2.22.